The van der Waals surface area contributed by atoms with Crippen LogP contribution in [0.15, 0.2) is 29.2 Å². The van der Waals surface area contributed by atoms with Gasteiger partial charge in [0.25, 0.3) is 11.7 Å². The van der Waals surface area contributed by atoms with Crippen molar-refractivity contribution in [2.75, 3.05) is 26.2 Å². The highest BCUT2D eigenvalue weighted by molar-refractivity contribution is 7.99. The fraction of sp³-hybridized carbons (Fsp3) is 0.562. The fourth-order valence-corrected chi connectivity index (χ4v) is 4.07. The van der Waals surface area contributed by atoms with Crippen LogP contribution < -0.4 is 5.32 Å². The van der Waals surface area contributed by atoms with Crippen LogP contribution in [0.25, 0.3) is 0 Å². The molecule has 120 valence electrons. The Hall–Kier alpha value is -1.14. The Bertz CT molecular complexity index is 527. The molecule has 0 aromatic heterocycles. The quantitative estimate of drug-likeness (QED) is 0.867. The summed E-state index contributed by atoms with van der Waals surface area (Å²) in [6.07, 6.45) is 1.99. The first-order chi connectivity index (χ1) is 10.6. The number of rotatable bonds is 3. The Morgan fingerprint density at radius 3 is 2.45 bits per heavy atom. The number of hydrogen-bond donors (Lipinski definition) is 1. The second-order valence-electron chi connectivity index (χ2n) is 5.92. The van der Waals surface area contributed by atoms with Crippen LogP contribution in [0.3, 0.4) is 0 Å². The number of nitrogens with one attached hydrogen (secondary N) is 1. The number of nitrogens with zero attached hydrogens (tertiary/aromatic N) is 1. The van der Waals surface area contributed by atoms with Gasteiger partial charge in [-0.3, -0.25) is 4.79 Å². The molecule has 1 N–H and O–H groups in total. The molecule has 0 aliphatic carbocycles. The average Bonchev–Trinajstić information content (AvgIpc) is 2.85. The van der Waals surface area contributed by atoms with Gasteiger partial charge < -0.3 is 10.2 Å². The van der Waals surface area contributed by atoms with E-state index < -0.39 is 5.76 Å². The highest BCUT2D eigenvalue weighted by Gasteiger charge is 2.32. The van der Waals surface area contributed by atoms with Crippen molar-refractivity contribution in [2.24, 2.45) is 11.8 Å². The van der Waals surface area contributed by atoms with E-state index in [1.807, 2.05) is 4.90 Å². The van der Waals surface area contributed by atoms with Gasteiger partial charge in [-0.2, -0.15) is 8.78 Å². The Labute approximate surface area is 133 Å². The summed E-state index contributed by atoms with van der Waals surface area (Å²) < 4.78 is 25.3. The van der Waals surface area contributed by atoms with Gasteiger partial charge >= 0.3 is 0 Å². The molecule has 3 nitrogen and oxygen atoms in total. The Kier molecular flexibility index (Phi) is 4.98. The van der Waals surface area contributed by atoms with Crippen molar-refractivity contribution in [3.8, 4) is 0 Å². The third kappa shape index (κ3) is 3.43. The van der Waals surface area contributed by atoms with Gasteiger partial charge in [-0.1, -0.05) is 23.9 Å². The molecule has 2 aliphatic heterocycles. The van der Waals surface area contributed by atoms with E-state index in [9.17, 15) is 13.6 Å². The molecule has 1 aromatic rings. The summed E-state index contributed by atoms with van der Waals surface area (Å²) in [7, 11) is 0. The highest BCUT2D eigenvalue weighted by atomic mass is 32.2. The molecule has 2 aliphatic rings. The van der Waals surface area contributed by atoms with E-state index in [0.717, 1.165) is 39.0 Å². The molecule has 0 spiro atoms. The Morgan fingerprint density at radius 2 is 1.82 bits per heavy atom. The number of amides is 1. The molecule has 22 heavy (non-hydrogen) atoms. The number of carbonyl (C=O) groups is 1. The maximum absolute atomic E-state index is 12.7. The predicted molar refractivity (Wildman–Crippen MR) is 83.3 cm³/mol. The smallest absolute Gasteiger partial charge is 0.288 e. The molecule has 6 heteroatoms. The molecule has 3 rings (SSSR count). The molecule has 0 unspecified atom stereocenters. The number of fused-ring (bicyclic) bond motifs is 1. The third-order valence-electron chi connectivity index (χ3n) is 4.64. The van der Waals surface area contributed by atoms with E-state index in [0.29, 0.717) is 34.1 Å². The van der Waals surface area contributed by atoms with E-state index >= 15 is 0 Å². The zero-order valence-electron chi connectivity index (χ0n) is 12.3. The minimum Gasteiger partial charge on any atom is -0.339 e. The first-order valence-electron chi connectivity index (χ1n) is 7.69. The van der Waals surface area contributed by atoms with Crippen molar-refractivity contribution in [3.63, 3.8) is 0 Å². The van der Waals surface area contributed by atoms with Crippen molar-refractivity contribution < 1.29 is 13.6 Å². The van der Waals surface area contributed by atoms with Crippen LogP contribution in [-0.4, -0.2) is 42.7 Å². The number of carbonyl (C=O) groups excluding carboxylic acids is 1. The van der Waals surface area contributed by atoms with E-state index in [1.54, 1.807) is 24.3 Å². The van der Waals surface area contributed by atoms with Gasteiger partial charge in [0, 0.05) is 18.0 Å². The largest absolute Gasteiger partial charge is 0.339 e. The number of alkyl halides is 2. The number of likely N-dealkylation sites (tertiary alicyclic amines) is 1. The summed E-state index contributed by atoms with van der Waals surface area (Å²) in [5.74, 6) is -1.34. The molecule has 0 radical (unpaired) electrons. The van der Waals surface area contributed by atoms with Gasteiger partial charge in [0.1, 0.15) is 0 Å². The molecule has 2 atom stereocenters. The SMILES string of the molecule is O=C(c1ccccc1SC(F)F)N1CC[C@@H]2CNC[C@@H]2CC1. The summed E-state index contributed by atoms with van der Waals surface area (Å²) in [6.45, 7) is 3.50. The molecular weight excluding hydrogens is 306 g/mol. The summed E-state index contributed by atoms with van der Waals surface area (Å²) >= 11 is 0.449. The lowest BCUT2D eigenvalue weighted by atomic mass is 9.92. The number of hydrogen-bond acceptors (Lipinski definition) is 3. The molecule has 2 saturated heterocycles. The molecule has 1 amide bonds. The van der Waals surface area contributed by atoms with Gasteiger partial charge in [0.15, 0.2) is 0 Å². The normalized spacial score (nSPS) is 25.1. The lowest BCUT2D eigenvalue weighted by Crippen LogP contribution is -2.33. The minimum absolute atomic E-state index is 0.114. The highest BCUT2D eigenvalue weighted by Crippen LogP contribution is 2.31. The van der Waals surface area contributed by atoms with Crippen molar-refractivity contribution in [2.45, 2.75) is 23.5 Å². The summed E-state index contributed by atoms with van der Waals surface area (Å²) in [5.41, 5.74) is 0.401. The molecular formula is C16H20F2N2OS. The fourth-order valence-electron chi connectivity index (χ4n) is 3.43. The van der Waals surface area contributed by atoms with E-state index in [-0.39, 0.29) is 5.91 Å². The van der Waals surface area contributed by atoms with Gasteiger partial charge in [0.05, 0.1) is 5.56 Å². The molecule has 2 fully saturated rings. The van der Waals surface area contributed by atoms with Crippen molar-refractivity contribution in [1.82, 2.24) is 10.2 Å². The summed E-state index contributed by atoms with van der Waals surface area (Å²) in [5, 5.41) is 3.41. The molecule has 0 bridgehead atoms. The number of benzene rings is 1. The zero-order chi connectivity index (χ0) is 15.5. The molecule has 0 saturated carbocycles. The summed E-state index contributed by atoms with van der Waals surface area (Å²) in [4.78, 5) is 14.9. The molecule has 2 heterocycles. The van der Waals surface area contributed by atoms with Crippen LogP contribution in [0.1, 0.15) is 23.2 Å². The van der Waals surface area contributed by atoms with Gasteiger partial charge in [0.2, 0.25) is 0 Å². The first-order valence-corrected chi connectivity index (χ1v) is 8.57. The van der Waals surface area contributed by atoms with Crippen molar-refractivity contribution in [3.05, 3.63) is 29.8 Å². The maximum Gasteiger partial charge on any atom is 0.288 e. The van der Waals surface area contributed by atoms with Gasteiger partial charge in [-0.05, 0) is 49.9 Å². The van der Waals surface area contributed by atoms with Crippen LogP contribution in [0.4, 0.5) is 8.78 Å². The zero-order valence-corrected chi connectivity index (χ0v) is 13.1. The maximum atomic E-state index is 12.7. The van der Waals surface area contributed by atoms with Crippen molar-refractivity contribution in [1.29, 1.82) is 0 Å². The standard InChI is InChI=1S/C16H20F2N2OS/c17-16(18)22-14-4-2-1-3-13(14)15(21)20-7-5-11-9-19-10-12(11)6-8-20/h1-4,11-12,16,19H,5-10H2/t11-,12+. The van der Waals surface area contributed by atoms with Crippen LogP contribution in [0, 0.1) is 11.8 Å². The second kappa shape index (κ2) is 6.96. The molecule has 1 aromatic carbocycles. The van der Waals surface area contributed by atoms with Crippen molar-refractivity contribution >= 4 is 17.7 Å². The van der Waals surface area contributed by atoms with Gasteiger partial charge in [-0.25, -0.2) is 0 Å². The Morgan fingerprint density at radius 1 is 1.18 bits per heavy atom. The lowest BCUT2D eigenvalue weighted by molar-refractivity contribution is 0.0755. The van der Waals surface area contributed by atoms with Crippen LogP contribution in [0.5, 0.6) is 0 Å². The van der Waals surface area contributed by atoms with E-state index in [2.05, 4.69) is 5.32 Å². The van der Waals surface area contributed by atoms with Gasteiger partial charge in [-0.15, -0.1) is 0 Å². The third-order valence-corrected chi connectivity index (χ3v) is 5.43. The average molecular weight is 326 g/mol. The van der Waals surface area contributed by atoms with E-state index in [1.165, 1.54) is 0 Å². The van der Waals surface area contributed by atoms with Crippen LogP contribution in [0.2, 0.25) is 0 Å². The topological polar surface area (TPSA) is 32.3 Å². The minimum atomic E-state index is -2.51. The lowest BCUT2D eigenvalue weighted by Gasteiger charge is -2.22. The number of thioether (sulfide) groups is 1. The van der Waals surface area contributed by atoms with Crippen LogP contribution >= 0.6 is 11.8 Å². The summed E-state index contributed by atoms with van der Waals surface area (Å²) in [6, 6.07) is 6.68. The Balaban J connectivity index is 1.73. The van der Waals surface area contributed by atoms with Crippen LogP contribution in [-0.2, 0) is 0 Å². The predicted octanol–water partition coefficient (Wildman–Crippen LogP) is 3.07. The second-order valence-corrected chi connectivity index (χ2v) is 6.95. The number of halogens is 2. The van der Waals surface area contributed by atoms with E-state index in [4.69, 9.17) is 0 Å². The first kappa shape index (κ1) is 15.7. The monoisotopic (exact) mass is 326 g/mol.